The Morgan fingerprint density at radius 1 is 0.286 bits per heavy atom. The molecule has 736 valence electrons. The molecule has 9 saturated heterocycles. The van der Waals surface area contributed by atoms with Gasteiger partial charge in [-0.2, -0.15) is 0 Å². The second-order valence-electron chi connectivity index (χ2n) is 35.7. The van der Waals surface area contributed by atoms with Crippen molar-refractivity contribution in [2.24, 2.45) is 103 Å². The lowest BCUT2D eigenvalue weighted by Crippen LogP contribution is -2.66. The highest BCUT2D eigenvalue weighted by molar-refractivity contribution is 5.09. The number of hydrogen-bond acceptors (Lipinski definition) is 52. The topological polar surface area (TPSA) is 958 Å². The van der Waals surface area contributed by atoms with E-state index in [-0.39, 0.29) is 63.8 Å². The quantitative estimate of drug-likeness (QED) is 0.0331. The molecule has 9 heterocycles. The zero-order valence-corrected chi connectivity index (χ0v) is 70.4. The van der Waals surface area contributed by atoms with Gasteiger partial charge in [0.25, 0.3) is 0 Å². The third kappa shape index (κ3) is 23.4. The van der Waals surface area contributed by atoms with Crippen molar-refractivity contribution in [1.29, 1.82) is 0 Å². The lowest BCUT2D eigenvalue weighted by molar-refractivity contribution is -0.291. The summed E-state index contributed by atoms with van der Waals surface area (Å²) < 4.78 is 107. The molecule has 4 aliphatic carbocycles. The summed E-state index contributed by atoms with van der Waals surface area (Å²) in [6, 6.07) is -10.5. The Kier molecular flexibility index (Phi) is 37.9. The summed E-state index contributed by atoms with van der Waals surface area (Å²) in [4.78, 5) is 0. The van der Waals surface area contributed by atoms with Crippen LogP contribution >= 0.6 is 0 Å². The van der Waals surface area contributed by atoms with Gasteiger partial charge < -0.3 is 270 Å². The number of hydrogen-bond donors (Lipinski definition) is 34. The van der Waals surface area contributed by atoms with E-state index in [1.165, 1.54) is 0 Å². The van der Waals surface area contributed by atoms with E-state index in [0.717, 1.165) is 12.8 Å². The van der Waals surface area contributed by atoms with Crippen molar-refractivity contribution < 1.29 is 167 Å². The zero-order valence-electron chi connectivity index (χ0n) is 70.4. The Bertz CT molecular complexity index is 3120. The summed E-state index contributed by atoms with van der Waals surface area (Å²) in [5.41, 5.74) is 109. The Balaban J connectivity index is 0.000000183. The molecule has 4 saturated carbocycles. The molecule has 53 atom stereocenters. The summed E-state index contributed by atoms with van der Waals surface area (Å²) in [7, 11) is 0. The molecule has 9 aliphatic heterocycles. The molecule has 0 aromatic heterocycles. The minimum Gasteiger partial charge on any atom is -0.395 e. The molecule has 0 bridgehead atoms. The highest BCUT2D eigenvalue weighted by atomic mass is 16.8. The van der Waals surface area contributed by atoms with Crippen LogP contribution in [0.4, 0.5) is 0 Å². The van der Waals surface area contributed by atoms with Crippen molar-refractivity contribution in [2.45, 2.75) is 414 Å². The van der Waals surface area contributed by atoms with E-state index in [1.54, 1.807) is 0 Å². The van der Waals surface area contributed by atoms with Crippen LogP contribution in [0.5, 0.6) is 0 Å². The lowest BCUT2D eigenvalue weighted by Gasteiger charge is -2.46. The number of rotatable bonds is 29. The second kappa shape index (κ2) is 45.7. The Morgan fingerprint density at radius 3 is 0.833 bits per heavy atom. The fourth-order valence-electron chi connectivity index (χ4n) is 18.2. The molecular weight excluding hydrogens is 1680 g/mol. The van der Waals surface area contributed by atoms with Crippen molar-refractivity contribution in [3.63, 3.8) is 0 Å². The number of aliphatic hydroxyl groups excluding tert-OH is 16. The van der Waals surface area contributed by atoms with Crippen LogP contribution in [0, 0.1) is 0 Å². The van der Waals surface area contributed by atoms with Crippen molar-refractivity contribution in [3.05, 3.63) is 0 Å². The Morgan fingerprint density at radius 2 is 0.556 bits per heavy atom. The standard InChI is InChI=1S/C25H48N6O11.C25H50N6O11.C24H48N6O12/c26-6-11-16(34)17(35)14(30)23(37-11)41-20-12(7-32)38-24(18(20)36)42-21-15(33)9(28)5-10(29)19(21)40-22-8(27)1-2-13(39-22)25(31)3-4-25;1-2-8(27)12-4-3-9(28)23(37-12)40-20-11(30)5-10(29)16(33)22(20)42-25-19(36)21(14(7-32)39-25)41-24-15(31)18(35)17(34)13(6-26)38-24;25-4-12-16(34)17(35)14(30)23(38-12)41-20-13(6-32)39-24(18(20)36)42-21-15(33)8(27)3-9(28)19(21)40-22-7(26)1-2-11(37-22)10(29)5-31/h8-24,32-36H,1-7,26-31H2;8-25,32-36H,2-7,26-31H2,1H3;7-24,31-36H,1-6,25-30H2/t8-,9-,10+,11+,12-,13+,14-,15+,16-,17-,18-,19-,20-,21-,22-,23-,24+;8-,9-,10-,11+,12+,13+,14-,15-,16+,17-,18-,19-,20-,21-,22-,23-,24-,25+;7-,8-,9+,10-,11+,12+,13-,14-,15+,16-,17-,18-,19-,20-,21-,22-,23-,24+/m111/s1. The van der Waals surface area contributed by atoms with Gasteiger partial charge in [-0.3, -0.25) is 0 Å². The Labute approximate surface area is 727 Å². The fraction of sp³-hybridized carbons (Fsp3) is 1.00. The van der Waals surface area contributed by atoms with Gasteiger partial charge in [-0.15, -0.1) is 0 Å². The highest BCUT2D eigenvalue weighted by Gasteiger charge is 2.60. The van der Waals surface area contributed by atoms with E-state index in [2.05, 4.69) is 0 Å². The summed E-state index contributed by atoms with van der Waals surface area (Å²) in [6.07, 6.45) is -38.9. The van der Waals surface area contributed by atoms with E-state index in [9.17, 15) is 81.7 Å². The predicted molar refractivity (Wildman–Crippen MR) is 429 cm³/mol. The molecule has 13 aliphatic rings. The highest BCUT2D eigenvalue weighted by Crippen LogP contribution is 2.44. The molecule has 0 spiro atoms. The SMILES string of the molecule is CC[C@@H](N)[C@@H]1CC[C@@H](N)[C@@H](O[C@H]2[C@H](O[C@@H]3O[C@H](CO)[C@@H](O[C@H]4O[C@@H](CN)[C@@H](O)[C@H](O)[C@H]4N)[C@H]3O)[C@@H](O)[C@H](N)C[C@@H]2N)O1.NC[C@@H]1O[C@H](O[C@H]2[C@@H](O)[C@H](O[C@@H]3[C@@H](O)[C@H](N)C[C@H](N)[C@H]3O[C@H]3O[C@H](C4(N)CC4)CC[C@H]3N)O[C@@H]2CO)[C@H](N)[C@@H](O)[C@@H]1O.NC[C@@H]1O[C@H](O[C@H]2[C@@H](O)[C@H](O[C@@H]3[C@@H](O)[C@H](N)C[C@H](N)[C@H]3O[C@H]3O[C@H]([C@H](N)CO)CC[C@H]3N)O[C@@H]2CO)[C@H](N)[C@@H](O)[C@@H]1O. The minimum atomic E-state index is -1.55. The molecule has 52 nitrogen and oxygen atoms in total. The van der Waals surface area contributed by atoms with E-state index in [0.29, 0.717) is 44.9 Å². The summed E-state index contributed by atoms with van der Waals surface area (Å²) in [5, 5.41) is 167. The van der Waals surface area contributed by atoms with E-state index < -0.39 is 331 Å². The van der Waals surface area contributed by atoms with Crippen LogP contribution < -0.4 is 103 Å². The average molecular weight is 1830 g/mol. The van der Waals surface area contributed by atoms with E-state index in [4.69, 9.17) is 188 Å². The van der Waals surface area contributed by atoms with Crippen molar-refractivity contribution >= 4 is 0 Å². The first-order valence-electron chi connectivity index (χ1n) is 43.6. The molecule has 0 aromatic carbocycles. The first-order valence-corrected chi connectivity index (χ1v) is 43.6. The molecule has 13 rings (SSSR count). The van der Waals surface area contributed by atoms with Crippen molar-refractivity contribution in [3.8, 4) is 0 Å². The van der Waals surface area contributed by atoms with Gasteiger partial charge in [-0.25, -0.2) is 0 Å². The summed E-state index contributed by atoms with van der Waals surface area (Å²) in [6.45, 7) is -0.553. The van der Waals surface area contributed by atoms with Gasteiger partial charge in [-0.1, -0.05) is 6.92 Å². The van der Waals surface area contributed by atoms with Gasteiger partial charge in [-0.05, 0) is 77.0 Å². The van der Waals surface area contributed by atoms with Gasteiger partial charge in [0.15, 0.2) is 56.6 Å². The van der Waals surface area contributed by atoms with Crippen LogP contribution in [0.2, 0.25) is 0 Å². The number of ether oxygens (including phenoxy) is 18. The smallest absolute Gasteiger partial charge is 0.187 e. The van der Waals surface area contributed by atoms with Gasteiger partial charge in [0.2, 0.25) is 0 Å². The number of nitrogens with two attached hydrogens (primary N) is 18. The third-order valence-electron chi connectivity index (χ3n) is 26.6. The first-order chi connectivity index (χ1) is 59.7. The molecule has 126 heavy (non-hydrogen) atoms. The van der Waals surface area contributed by atoms with Gasteiger partial charge in [0, 0.05) is 67.5 Å². The normalized spacial score (nSPS) is 51.6. The summed E-state index contributed by atoms with van der Waals surface area (Å²) >= 11 is 0. The maximum Gasteiger partial charge on any atom is 0.187 e. The molecule has 0 radical (unpaired) electrons. The van der Waals surface area contributed by atoms with E-state index >= 15 is 0 Å². The second-order valence-corrected chi connectivity index (χ2v) is 35.7. The van der Waals surface area contributed by atoms with Gasteiger partial charge in [0.1, 0.15) is 146 Å². The molecular formula is C74H146N18O34. The molecule has 0 aromatic rings. The zero-order chi connectivity index (χ0) is 92.3. The molecule has 52 N–H and O–H groups in total. The van der Waals surface area contributed by atoms with E-state index in [1.807, 2.05) is 6.92 Å². The van der Waals surface area contributed by atoms with Crippen LogP contribution in [-0.4, -0.2) is 458 Å². The number of aliphatic hydroxyl groups is 16. The Hall–Kier alpha value is -2.08. The monoisotopic (exact) mass is 1830 g/mol. The third-order valence-corrected chi connectivity index (χ3v) is 26.6. The van der Waals surface area contributed by atoms with Crippen LogP contribution in [0.25, 0.3) is 0 Å². The molecule has 13 fully saturated rings. The summed E-state index contributed by atoms with van der Waals surface area (Å²) in [5.74, 6) is 0. The average Bonchev–Trinajstić information content (AvgIpc) is 1.48. The predicted octanol–water partition coefficient (Wildman–Crippen LogP) is -19.8. The molecule has 0 amide bonds. The van der Waals surface area contributed by atoms with Gasteiger partial charge >= 0.3 is 0 Å². The van der Waals surface area contributed by atoms with Crippen LogP contribution in [0.3, 0.4) is 0 Å². The maximum atomic E-state index is 11.2. The maximum absolute atomic E-state index is 11.2. The molecule has 52 heteroatoms. The van der Waals surface area contributed by atoms with Gasteiger partial charge in [0.05, 0.1) is 105 Å². The van der Waals surface area contributed by atoms with Crippen LogP contribution in [-0.2, 0) is 85.3 Å². The fourth-order valence-corrected chi connectivity index (χ4v) is 18.2. The van der Waals surface area contributed by atoms with Crippen molar-refractivity contribution in [1.82, 2.24) is 0 Å². The van der Waals surface area contributed by atoms with Crippen molar-refractivity contribution in [2.75, 3.05) is 46.1 Å². The largest absolute Gasteiger partial charge is 0.395 e. The molecule has 0 unspecified atom stereocenters. The first kappa shape index (κ1) is 104. The van der Waals surface area contributed by atoms with Crippen LogP contribution in [0.15, 0.2) is 0 Å². The van der Waals surface area contributed by atoms with Crippen LogP contribution in [0.1, 0.15) is 84.0 Å². The lowest BCUT2D eigenvalue weighted by atomic mass is 9.84. The minimum absolute atomic E-state index is 0.132.